The summed E-state index contributed by atoms with van der Waals surface area (Å²) in [6, 6.07) is 15.6. The van der Waals surface area contributed by atoms with Gasteiger partial charge in [0, 0.05) is 22.1 Å². The average molecular weight is 428 g/mol. The molecule has 0 unspecified atom stereocenters. The summed E-state index contributed by atoms with van der Waals surface area (Å²) in [6.07, 6.45) is 8.09. The van der Waals surface area contributed by atoms with E-state index in [9.17, 15) is 4.79 Å². The first-order valence-corrected chi connectivity index (χ1v) is 10.4. The van der Waals surface area contributed by atoms with Gasteiger partial charge in [0.2, 0.25) is 0 Å². The summed E-state index contributed by atoms with van der Waals surface area (Å²) >= 11 is 0. The number of rotatable bonds is 2. The van der Waals surface area contributed by atoms with Crippen LogP contribution in [0.5, 0.6) is 0 Å². The maximum Gasteiger partial charge on any atom is 0.320 e. The molecule has 0 fully saturated rings. The van der Waals surface area contributed by atoms with Crippen LogP contribution in [0.15, 0.2) is 48.5 Å². The Morgan fingerprint density at radius 3 is 1.28 bits per heavy atom. The maximum absolute atomic E-state index is 10.0. The van der Waals surface area contributed by atoms with Gasteiger partial charge in [0.1, 0.15) is 6.04 Å². The molecular formula is C25H25N5O2. The molecule has 5 rings (SSSR count). The van der Waals surface area contributed by atoms with E-state index in [2.05, 4.69) is 44.2 Å². The number of nitrogens with zero attached hydrogens (tertiary/aromatic N) is 2. The van der Waals surface area contributed by atoms with Crippen molar-refractivity contribution in [1.82, 2.24) is 19.9 Å². The van der Waals surface area contributed by atoms with Gasteiger partial charge in [0.05, 0.1) is 22.8 Å². The minimum atomic E-state index is -0.931. The molecule has 7 heteroatoms. The smallest absolute Gasteiger partial charge is 0.320 e. The molecule has 0 aromatic carbocycles. The van der Waals surface area contributed by atoms with E-state index in [1.165, 1.54) is 0 Å². The molecule has 32 heavy (non-hydrogen) atoms. The van der Waals surface area contributed by atoms with Crippen molar-refractivity contribution in [3.05, 3.63) is 71.3 Å². The minimum Gasteiger partial charge on any atom is -0.480 e. The fourth-order valence-corrected chi connectivity index (χ4v) is 3.23. The predicted molar refractivity (Wildman–Crippen MR) is 129 cm³/mol. The third kappa shape index (κ3) is 5.19. The number of aromatic nitrogens is 4. The van der Waals surface area contributed by atoms with Gasteiger partial charge in [-0.05, 0) is 78.8 Å². The molecule has 3 aromatic rings. The third-order valence-electron chi connectivity index (χ3n) is 5.05. The zero-order valence-electron chi connectivity index (χ0n) is 17.9. The number of aromatic amines is 2. The van der Waals surface area contributed by atoms with Crippen LogP contribution in [0.3, 0.4) is 0 Å². The van der Waals surface area contributed by atoms with Crippen molar-refractivity contribution in [2.45, 2.75) is 19.9 Å². The number of carbonyl (C=O) groups is 1. The molecule has 8 bridgehead atoms. The molecule has 162 valence electrons. The van der Waals surface area contributed by atoms with E-state index in [-0.39, 0.29) is 5.92 Å². The first-order chi connectivity index (χ1) is 15.4. The molecule has 0 amide bonds. The first-order valence-electron chi connectivity index (χ1n) is 10.4. The van der Waals surface area contributed by atoms with E-state index in [1.807, 2.05) is 48.6 Å². The van der Waals surface area contributed by atoms with E-state index in [4.69, 9.17) is 10.8 Å². The molecule has 0 saturated carbocycles. The van der Waals surface area contributed by atoms with E-state index in [0.29, 0.717) is 0 Å². The quantitative estimate of drug-likeness (QED) is 0.325. The zero-order valence-corrected chi connectivity index (χ0v) is 17.9. The van der Waals surface area contributed by atoms with Crippen LogP contribution in [0.4, 0.5) is 0 Å². The lowest BCUT2D eigenvalue weighted by Crippen LogP contribution is -2.34. The normalized spacial score (nSPS) is 13.0. The van der Waals surface area contributed by atoms with E-state index in [1.54, 1.807) is 13.8 Å². The Labute approximate surface area is 185 Å². The standard InChI is InChI=1S/C20H14N4.C5H11NO2/c1-2-14-10-16-5-6-18(23-16)12-20-8-7-19(24-20)11-17-4-3-15(22-17)9-13(1)21-14;1-3(2)4(6)5(7)8/h1-12,21,24H;3-4H,6H2,1-2H3,(H,7,8)/t;4-/m.0/s1. The Bertz CT molecular complexity index is 1190. The molecule has 5 N–H and O–H groups in total. The van der Waals surface area contributed by atoms with Crippen LogP contribution in [0.2, 0.25) is 0 Å². The summed E-state index contributed by atoms with van der Waals surface area (Å²) in [5.41, 5.74) is 13.0. The second-order valence-corrected chi connectivity index (χ2v) is 8.01. The van der Waals surface area contributed by atoms with Crippen LogP contribution in [-0.4, -0.2) is 37.1 Å². The highest BCUT2D eigenvalue weighted by atomic mass is 16.4. The van der Waals surface area contributed by atoms with Gasteiger partial charge >= 0.3 is 5.97 Å². The number of nitrogens with one attached hydrogen (secondary N) is 2. The van der Waals surface area contributed by atoms with Gasteiger partial charge in [-0.3, -0.25) is 4.79 Å². The topological polar surface area (TPSA) is 121 Å². The number of hydrogen-bond donors (Lipinski definition) is 4. The van der Waals surface area contributed by atoms with Gasteiger partial charge < -0.3 is 20.8 Å². The Kier molecular flexibility index (Phi) is 6.00. The van der Waals surface area contributed by atoms with Crippen molar-refractivity contribution in [3.8, 4) is 0 Å². The van der Waals surface area contributed by atoms with Crippen molar-refractivity contribution in [3.63, 3.8) is 0 Å². The highest BCUT2D eigenvalue weighted by Gasteiger charge is 2.14. The second-order valence-electron chi connectivity index (χ2n) is 8.01. The molecule has 0 aliphatic carbocycles. The maximum atomic E-state index is 10.0. The summed E-state index contributed by atoms with van der Waals surface area (Å²) in [5.74, 6) is -0.910. The van der Waals surface area contributed by atoms with Crippen LogP contribution in [0, 0.1) is 5.92 Å². The minimum absolute atomic E-state index is 0.0208. The summed E-state index contributed by atoms with van der Waals surface area (Å²) in [5, 5.41) is 8.23. The van der Waals surface area contributed by atoms with Gasteiger partial charge in [0.25, 0.3) is 0 Å². The average Bonchev–Trinajstić information content (AvgIpc) is 3.53. The highest BCUT2D eigenvalue weighted by molar-refractivity contribution is 5.77. The van der Waals surface area contributed by atoms with Crippen molar-refractivity contribution in [2.24, 2.45) is 11.7 Å². The van der Waals surface area contributed by atoms with Gasteiger partial charge in [-0.1, -0.05) is 13.8 Å². The van der Waals surface area contributed by atoms with Crippen molar-refractivity contribution in [2.75, 3.05) is 0 Å². The fourth-order valence-electron chi connectivity index (χ4n) is 3.23. The summed E-state index contributed by atoms with van der Waals surface area (Å²) in [6.45, 7) is 3.55. The van der Waals surface area contributed by atoms with E-state index >= 15 is 0 Å². The summed E-state index contributed by atoms with van der Waals surface area (Å²) in [7, 11) is 0. The molecule has 0 saturated heterocycles. The van der Waals surface area contributed by atoms with Crippen LogP contribution in [-0.2, 0) is 4.79 Å². The van der Waals surface area contributed by atoms with Crippen LogP contribution < -0.4 is 5.73 Å². The lowest BCUT2D eigenvalue weighted by atomic mass is 10.1. The second kappa shape index (κ2) is 9.03. The molecule has 2 aliphatic rings. The molecule has 0 spiro atoms. The number of H-pyrrole nitrogens is 2. The van der Waals surface area contributed by atoms with Crippen molar-refractivity contribution >= 4 is 52.3 Å². The number of carboxylic acids is 1. The molecule has 2 aliphatic heterocycles. The largest absolute Gasteiger partial charge is 0.480 e. The highest BCUT2D eigenvalue weighted by Crippen LogP contribution is 2.16. The molecule has 3 aromatic heterocycles. The van der Waals surface area contributed by atoms with Crippen molar-refractivity contribution in [1.29, 1.82) is 0 Å². The van der Waals surface area contributed by atoms with Gasteiger partial charge in [0.15, 0.2) is 0 Å². The number of fused-ring (bicyclic) bond motifs is 8. The summed E-state index contributed by atoms with van der Waals surface area (Å²) < 4.78 is 0. The Morgan fingerprint density at radius 1 is 0.750 bits per heavy atom. The lowest BCUT2D eigenvalue weighted by molar-refractivity contribution is -0.139. The molecule has 0 radical (unpaired) electrons. The fraction of sp³-hybridized carbons (Fsp3) is 0.160. The Hall–Kier alpha value is -3.97. The Morgan fingerprint density at radius 2 is 1.06 bits per heavy atom. The van der Waals surface area contributed by atoms with E-state index < -0.39 is 12.0 Å². The lowest BCUT2D eigenvalue weighted by Gasteiger charge is -2.07. The first kappa shape index (κ1) is 21.3. The Balaban J connectivity index is 0.000000265. The van der Waals surface area contributed by atoms with Crippen LogP contribution in [0.25, 0.3) is 46.4 Å². The van der Waals surface area contributed by atoms with E-state index in [0.717, 1.165) is 44.8 Å². The predicted octanol–water partition coefficient (Wildman–Crippen LogP) is 4.71. The number of carboxylic acid groups (broad SMARTS) is 1. The van der Waals surface area contributed by atoms with Crippen LogP contribution >= 0.6 is 0 Å². The number of aliphatic carboxylic acids is 1. The van der Waals surface area contributed by atoms with Gasteiger partial charge in [-0.15, -0.1) is 0 Å². The van der Waals surface area contributed by atoms with Gasteiger partial charge in [-0.25, -0.2) is 9.97 Å². The summed E-state index contributed by atoms with van der Waals surface area (Å²) in [4.78, 5) is 26.0. The zero-order chi connectivity index (χ0) is 22.7. The third-order valence-corrected chi connectivity index (χ3v) is 5.05. The van der Waals surface area contributed by atoms with Gasteiger partial charge in [-0.2, -0.15) is 0 Å². The molecule has 7 nitrogen and oxygen atoms in total. The molecular weight excluding hydrogens is 402 g/mol. The molecule has 5 heterocycles. The van der Waals surface area contributed by atoms with Crippen molar-refractivity contribution < 1.29 is 9.90 Å². The number of nitrogens with two attached hydrogens (primary N) is 1. The number of hydrogen-bond acceptors (Lipinski definition) is 4. The SMILES string of the molecule is C1=Cc2cc3ccc(cc4nc(cc5ccc(cc1n2)[nH]5)C=C4)[nH]3.CC(C)[C@H](N)C(=O)O. The molecule has 1 atom stereocenters. The monoisotopic (exact) mass is 427 g/mol. The van der Waals surface area contributed by atoms with Crippen LogP contribution in [0.1, 0.15) is 36.6 Å².